The highest BCUT2D eigenvalue weighted by Crippen LogP contribution is 2.33. The number of aryl methyl sites for hydroxylation is 1. The molecule has 1 saturated heterocycles. The zero-order chi connectivity index (χ0) is 19.3. The van der Waals surface area contributed by atoms with E-state index in [4.69, 9.17) is 4.98 Å². The molecule has 28 heavy (non-hydrogen) atoms. The quantitative estimate of drug-likeness (QED) is 0.583. The molecule has 5 rings (SSSR count). The van der Waals surface area contributed by atoms with Crippen molar-refractivity contribution < 1.29 is 0 Å². The SMILES string of the molecule is C[C@H]1NCC1(CC#N)n1cc(-c2nc(-c3cnn(C)c3)cn3nccc23)cn1. The Bertz CT molecular complexity index is 1210. The van der Waals surface area contributed by atoms with Crippen LogP contribution >= 0.6 is 0 Å². The predicted octanol–water partition coefficient (Wildman–Crippen LogP) is 1.59. The first-order valence-electron chi connectivity index (χ1n) is 9.10. The van der Waals surface area contributed by atoms with Gasteiger partial charge in [0.05, 0.1) is 54.2 Å². The largest absolute Gasteiger partial charge is 0.309 e. The molecular weight excluding hydrogens is 354 g/mol. The second-order valence-corrected chi connectivity index (χ2v) is 7.25. The molecule has 0 bridgehead atoms. The summed E-state index contributed by atoms with van der Waals surface area (Å²) in [5, 5.41) is 25.9. The van der Waals surface area contributed by atoms with Crippen molar-refractivity contribution in [3.63, 3.8) is 0 Å². The first-order valence-corrected chi connectivity index (χ1v) is 9.10. The van der Waals surface area contributed by atoms with Gasteiger partial charge in [0.1, 0.15) is 5.54 Å². The first kappa shape index (κ1) is 16.6. The molecule has 1 aliphatic heterocycles. The fraction of sp³-hybridized carbons (Fsp3) is 0.316. The topological polar surface area (TPSA) is 102 Å². The van der Waals surface area contributed by atoms with Crippen LogP contribution in [-0.2, 0) is 12.6 Å². The van der Waals surface area contributed by atoms with Gasteiger partial charge in [0.2, 0.25) is 0 Å². The monoisotopic (exact) mass is 373 g/mol. The van der Waals surface area contributed by atoms with Crippen LogP contribution in [0.5, 0.6) is 0 Å². The highest BCUT2D eigenvalue weighted by Gasteiger charge is 2.46. The molecule has 0 aliphatic carbocycles. The molecule has 1 fully saturated rings. The van der Waals surface area contributed by atoms with E-state index in [2.05, 4.69) is 33.6 Å². The minimum atomic E-state index is -0.315. The highest BCUT2D eigenvalue weighted by atomic mass is 15.4. The van der Waals surface area contributed by atoms with Crippen molar-refractivity contribution in [1.82, 2.24) is 39.5 Å². The van der Waals surface area contributed by atoms with E-state index in [1.54, 1.807) is 17.1 Å². The van der Waals surface area contributed by atoms with E-state index in [9.17, 15) is 5.26 Å². The van der Waals surface area contributed by atoms with E-state index >= 15 is 0 Å². The van der Waals surface area contributed by atoms with Crippen LogP contribution in [0.1, 0.15) is 13.3 Å². The van der Waals surface area contributed by atoms with Gasteiger partial charge in [-0.15, -0.1) is 0 Å². The summed E-state index contributed by atoms with van der Waals surface area (Å²) in [7, 11) is 1.88. The molecular formula is C19H19N9. The van der Waals surface area contributed by atoms with Crippen molar-refractivity contribution in [3.8, 4) is 28.6 Å². The number of fused-ring (bicyclic) bond motifs is 1. The summed E-state index contributed by atoms with van der Waals surface area (Å²) in [5.41, 5.74) is 4.00. The van der Waals surface area contributed by atoms with Crippen molar-refractivity contribution in [2.45, 2.75) is 24.9 Å². The van der Waals surface area contributed by atoms with Crippen LogP contribution in [0, 0.1) is 11.3 Å². The Morgan fingerprint density at radius 3 is 2.75 bits per heavy atom. The van der Waals surface area contributed by atoms with Gasteiger partial charge in [-0.2, -0.15) is 20.6 Å². The van der Waals surface area contributed by atoms with Gasteiger partial charge in [0, 0.05) is 43.2 Å². The molecule has 0 aromatic carbocycles. The van der Waals surface area contributed by atoms with Gasteiger partial charge >= 0.3 is 0 Å². The van der Waals surface area contributed by atoms with Crippen LogP contribution in [0.3, 0.4) is 0 Å². The average molecular weight is 373 g/mol. The molecule has 2 atom stereocenters. The molecule has 4 aromatic heterocycles. The maximum Gasteiger partial charge on any atom is 0.103 e. The maximum atomic E-state index is 9.30. The highest BCUT2D eigenvalue weighted by molar-refractivity contribution is 5.78. The third kappa shape index (κ3) is 2.35. The summed E-state index contributed by atoms with van der Waals surface area (Å²) < 4.78 is 5.48. The molecule has 4 aromatic rings. The zero-order valence-corrected chi connectivity index (χ0v) is 15.6. The van der Waals surface area contributed by atoms with Gasteiger partial charge in [-0.3, -0.25) is 9.36 Å². The third-order valence-corrected chi connectivity index (χ3v) is 5.61. The smallest absolute Gasteiger partial charge is 0.103 e. The molecule has 1 aliphatic rings. The van der Waals surface area contributed by atoms with Crippen LogP contribution in [0.15, 0.2) is 43.2 Å². The van der Waals surface area contributed by atoms with Gasteiger partial charge in [-0.1, -0.05) is 0 Å². The maximum absolute atomic E-state index is 9.30. The summed E-state index contributed by atoms with van der Waals surface area (Å²) in [6, 6.07) is 4.43. The van der Waals surface area contributed by atoms with Gasteiger partial charge in [0.25, 0.3) is 0 Å². The Morgan fingerprint density at radius 2 is 2.07 bits per heavy atom. The first-order chi connectivity index (χ1) is 13.6. The van der Waals surface area contributed by atoms with E-state index < -0.39 is 0 Å². The minimum absolute atomic E-state index is 0.185. The number of nitrogens with one attached hydrogen (secondary N) is 1. The Hall–Kier alpha value is -3.51. The number of nitriles is 1. The predicted molar refractivity (Wildman–Crippen MR) is 102 cm³/mol. The minimum Gasteiger partial charge on any atom is -0.309 e. The molecule has 1 N–H and O–H groups in total. The summed E-state index contributed by atoms with van der Waals surface area (Å²) in [6.07, 6.45) is 11.6. The number of nitrogens with zero attached hydrogens (tertiary/aromatic N) is 8. The Morgan fingerprint density at radius 1 is 1.21 bits per heavy atom. The van der Waals surface area contributed by atoms with Gasteiger partial charge in [0.15, 0.2) is 0 Å². The number of aromatic nitrogens is 7. The van der Waals surface area contributed by atoms with Gasteiger partial charge < -0.3 is 5.32 Å². The molecule has 0 amide bonds. The van der Waals surface area contributed by atoms with E-state index in [-0.39, 0.29) is 11.6 Å². The average Bonchev–Trinajstić information content (AvgIpc) is 3.44. The third-order valence-electron chi connectivity index (χ3n) is 5.61. The summed E-state index contributed by atoms with van der Waals surface area (Å²) in [4.78, 5) is 4.88. The van der Waals surface area contributed by atoms with E-state index in [0.717, 1.165) is 34.6 Å². The van der Waals surface area contributed by atoms with Crippen molar-refractivity contribution in [1.29, 1.82) is 5.26 Å². The van der Waals surface area contributed by atoms with E-state index in [1.165, 1.54) is 0 Å². The van der Waals surface area contributed by atoms with E-state index in [1.807, 2.05) is 47.1 Å². The van der Waals surface area contributed by atoms with Crippen LogP contribution in [-0.4, -0.2) is 46.7 Å². The molecule has 9 nitrogen and oxygen atoms in total. The number of hydrogen-bond donors (Lipinski definition) is 1. The summed E-state index contributed by atoms with van der Waals surface area (Å²) in [5.74, 6) is 0. The molecule has 0 saturated carbocycles. The number of rotatable bonds is 4. The molecule has 140 valence electrons. The van der Waals surface area contributed by atoms with Crippen molar-refractivity contribution in [3.05, 3.63) is 43.2 Å². The Kier molecular flexibility index (Phi) is 3.57. The van der Waals surface area contributed by atoms with Crippen LogP contribution < -0.4 is 5.32 Å². The van der Waals surface area contributed by atoms with Crippen LogP contribution in [0.4, 0.5) is 0 Å². The normalized spacial score (nSPS) is 21.5. The van der Waals surface area contributed by atoms with Crippen molar-refractivity contribution in [2.24, 2.45) is 7.05 Å². The lowest BCUT2D eigenvalue weighted by Crippen LogP contribution is -2.67. The van der Waals surface area contributed by atoms with Crippen molar-refractivity contribution in [2.75, 3.05) is 6.54 Å². The van der Waals surface area contributed by atoms with E-state index in [0.29, 0.717) is 6.42 Å². The Balaban J connectivity index is 1.63. The van der Waals surface area contributed by atoms with Crippen molar-refractivity contribution >= 4 is 5.52 Å². The zero-order valence-electron chi connectivity index (χ0n) is 15.6. The fourth-order valence-corrected chi connectivity index (χ4v) is 3.78. The molecule has 0 spiro atoms. The molecule has 0 radical (unpaired) electrons. The van der Waals surface area contributed by atoms with Crippen LogP contribution in [0.2, 0.25) is 0 Å². The molecule has 5 heterocycles. The summed E-state index contributed by atoms with van der Waals surface area (Å²) in [6.45, 7) is 2.81. The van der Waals surface area contributed by atoms with Crippen LogP contribution in [0.25, 0.3) is 28.0 Å². The second kappa shape index (κ2) is 6.00. The Labute approximate surface area is 161 Å². The molecule has 1 unspecified atom stereocenters. The molecule has 9 heteroatoms. The fourth-order valence-electron chi connectivity index (χ4n) is 3.78. The lowest BCUT2D eigenvalue weighted by atomic mass is 9.81. The van der Waals surface area contributed by atoms with Gasteiger partial charge in [-0.25, -0.2) is 9.50 Å². The lowest BCUT2D eigenvalue weighted by Gasteiger charge is -2.47. The number of hydrogen-bond acceptors (Lipinski definition) is 6. The summed E-state index contributed by atoms with van der Waals surface area (Å²) >= 11 is 0. The second-order valence-electron chi connectivity index (χ2n) is 7.25. The standard InChI is InChI=1S/C19H19N9/c1-13-19(4-5-20,12-21-13)28-10-15(8-24-28)18-17-3-6-22-27(17)11-16(25-18)14-7-23-26(2)9-14/h3,6-11,13,21H,4,12H2,1-2H3/t13-,19?/m1/s1. The lowest BCUT2D eigenvalue weighted by molar-refractivity contribution is 0.0942. The van der Waals surface area contributed by atoms with Gasteiger partial charge in [-0.05, 0) is 13.0 Å².